The van der Waals surface area contributed by atoms with Gasteiger partial charge in [0.05, 0.1) is 12.1 Å². The van der Waals surface area contributed by atoms with Gasteiger partial charge >= 0.3 is 6.01 Å². The van der Waals surface area contributed by atoms with Gasteiger partial charge in [0.1, 0.15) is 0 Å². The van der Waals surface area contributed by atoms with Crippen LogP contribution in [0, 0.1) is 0 Å². The molecule has 0 unspecified atom stereocenters. The van der Waals surface area contributed by atoms with Crippen molar-refractivity contribution in [1.82, 2.24) is 15.0 Å². The summed E-state index contributed by atoms with van der Waals surface area (Å²) in [7, 11) is 1.51. The Kier molecular flexibility index (Phi) is 4.97. The van der Waals surface area contributed by atoms with E-state index in [1.165, 1.54) is 7.11 Å². The monoisotopic (exact) mass is 357 g/mol. The maximum Gasteiger partial charge on any atom is 0.322 e. The Bertz CT molecular complexity index is 610. The molecule has 0 saturated carbocycles. The minimum atomic E-state index is 0.238. The molecule has 2 N–H and O–H groups in total. The third kappa shape index (κ3) is 3.71. The van der Waals surface area contributed by atoms with Gasteiger partial charge in [0.25, 0.3) is 0 Å². The van der Waals surface area contributed by atoms with Crippen molar-refractivity contribution in [1.29, 1.82) is 0 Å². The van der Waals surface area contributed by atoms with Crippen LogP contribution in [0.4, 0.5) is 17.6 Å². The first-order valence-electron chi connectivity index (χ1n) is 5.88. The van der Waals surface area contributed by atoms with Crippen molar-refractivity contribution in [2.45, 2.75) is 6.92 Å². The third-order valence-electron chi connectivity index (χ3n) is 2.31. The van der Waals surface area contributed by atoms with Gasteiger partial charge in [-0.15, -0.1) is 0 Å². The van der Waals surface area contributed by atoms with Gasteiger partial charge in [-0.05, 0) is 41.1 Å². The number of rotatable bonds is 5. The first-order valence-corrected chi connectivity index (χ1v) is 7.05. The van der Waals surface area contributed by atoms with E-state index >= 15 is 0 Å². The zero-order valence-corrected chi connectivity index (χ0v) is 13.3. The number of anilines is 3. The fourth-order valence-electron chi connectivity index (χ4n) is 1.44. The van der Waals surface area contributed by atoms with E-state index in [4.69, 9.17) is 16.3 Å². The maximum atomic E-state index is 6.04. The first kappa shape index (κ1) is 14.8. The quantitative estimate of drug-likeness (QED) is 0.852. The summed E-state index contributed by atoms with van der Waals surface area (Å²) in [5, 5.41) is 6.67. The highest BCUT2D eigenvalue weighted by molar-refractivity contribution is 9.10. The molecular formula is C12H13BrClN5O. The molecule has 1 aromatic heterocycles. The van der Waals surface area contributed by atoms with Crippen molar-refractivity contribution in [3.63, 3.8) is 0 Å². The number of methoxy groups -OCH3 is 1. The minimum Gasteiger partial charge on any atom is -0.467 e. The van der Waals surface area contributed by atoms with E-state index in [1.54, 1.807) is 6.07 Å². The van der Waals surface area contributed by atoms with Gasteiger partial charge < -0.3 is 15.4 Å². The number of nitrogens with zero attached hydrogens (tertiary/aromatic N) is 3. The molecule has 6 nitrogen and oxygen atoms in total. The Balaban J connectivity index is 2.27. The largest absolute Gasteiger partial charge is 0.467 e. The molecule has 0 radical (unpaired) electrons. The smallest absolute Gasteiger partial charge is 0.322 e. The Hall–Kier alpha value is -1.60. The second kappa shape index (κ2) is 6.71. The van der Waals surface area contributed by atoms with Crippen LogP contribution in [0.5, 0.6) is 6.01 Å². The van der Waals surface area contributed by atoms with E-state index < -0.39 is 0 Å². The average Bonchev–Trinajstić information content (AvgIpc) is 2.43. The van der Waals surface area contributed by atoms with Crippen molar-refractivity contribution in [3.8, 4) is 6.01 Å². The van der Waals surface area contributed by atoms with Crippen LogP contribution in [0.1, 0.15) is 6.92 Å². The van der Waals surface area contributed by atoms with E-state index in [0.717, 1.165) is 10.2 Å². The molecule has 20 heavy (non-hydrogen) atoms. The van der Waals surface area contributed by atoms with E-state index in [0.29, 0.717) is 23.5 Å². The summed E-state index contributed by atoms with van der Waals surface area (Å²) in [6.45, 7) is 2.66. The normalized spacial score (nSPS) is 10.2. The summed E-state index contributed by atoms with van der Waals surface area (Å²) in [5.41, 5.74) is 0.772. The molecule has 0 saturated heterocycles. The lowest BCUT2D eigenvalue weighted by Crippen LogP contribution is -2.07. The molecule has 0 bridgehead atoms. The molecule has 8 heteroatoms. The predicted octanol–water partition coefficient (Wildman–Crippen LogP) is 3.47. The van der Waals surface area contributed by atoms with Crippen LogP contribution in [0.2, 0.25) is 5.02 Å². The Morgan fingerprint density at radius 1 is 1.25 bits per heavy atom. The molecule has 0 atom stereocenters. The molecule has 1 aromatic carbocycles. The predicted molar refractivity (Wildman–Crippen MR) is 83.0 cm³/mol. The van der Waals surface area contributed by atoms with Crippen LogP contribution < -0.4 is 15.4 Å². The summed E-state index contributed by atoms with van der Waals surface area (Å²) >= 11 is 9.38. The average molecular weight is 359 g/mol. The second-order valence-corrected chi connectivity index (χ2v) is 5.02. The van der Waals surface area contributed by atoms with Gasteiger partial charge in [0.2, 0.25) is 11.9 Å². The zero-order chi connectivity index (χ0) is 14.5. The van der Waals surface area contributed by atoms with Gasteiger partial charge in [0.15, 0.2) is 0 Å². The fourth-order valence-corrected chi connectivity index (χ4v) is 1.87. The lowest BCUT2D eigenvalue weighted by molar-refractivity contribution is 0.379. The molecule has 0 aliphatic rings. The lowest BCUT2D eigenvalue weighted by Gasteiger charge is -2.09. The highest BCUT2D eigenvalue weighted by Gasteiger charge is 2.07. The molecule has 0 amide bonds. The van der Waals surface area contributed by atoms with Crippen LogP contribution in [0.3, 0.4) is 0 Å². The zero-order valence-electron chi connectivity index (χ0n) is 10.9. The number of hydrogen-bond donors (Lipinski definition) is 2. The van der Waals surface area contributed by atoms with Gasteiger partial charge in [0, 0.05) is 16.7 Å². The first-order chi connectivity index (χ1) is 9.62. The third-order valence-corrected chi connectivity index (χ3v) is 3.54. The summed E-state index contributed by atoms with van der Waals surface area (Å²) in [4.78, 5) is 12.5. The van der Waals surface area contributed by atoms with E-state index in [9.17, 15) is 0 Å². The van der Waals surface area contributed by atoms with Crippen molar-refractivity contribution < 1.29 is 4.74 Å². The minimum absolute atomic E-state index is 0.238. The van der Waals surface area contributed by atoms with Gasteiger partial charge in [-0.3, -0.25) is 0 Å². The Morgan fingerprint density at radius 2 is 2.00 bits per heavy atom. The lowest BCUT2D eigenvalue weighted by atomic mass is 10.3. The molecule has 0 aliphatic heterocycles. The van der Waals surface area contributed by atoms with Crippen molar-refractivity contribution >= 4 is 45.1 Å². The number of hydrogen-bond acceptors (Lipinski definition) is 6. The second-order valence-electron chi connectivity index (χ2n) is 3.75. The topological polar surface area (TPSA) is 72.0 Å². The number of nitrogens with one attached hydrogen (secondary N) is 2. The van der Waals surface area contributed by atoms with E-state index in [2.05, 4.69) is 41.5 Å². The molecule has 0 fully saturated rings. The van der Waals surface area contributed by atoms with Crippen molar-refractivity contribution in [2.24, 2.45) is 0 Å². The van der Waals surface area contributed by atoms with E-state index in [1.807, 2.05) is 19.1 Å². The van der Waals surface area contributed by atoms with Crippen LogP contribution >= 0.6 is 27.5 Å². The van der Waals surface area contributed by atoms with Crippen molar-refractivity contribution in [3.05, 3.63) is 27.7 Å². The molecule has 1 heterocycles. The molecular weight excluding hydrogens is 346 g/mol. The maximum absolute atomic E-state index is 6.04. The van der Waals surface area contributed by atoms with Gasteiger partial charge in [-0.1, -0.05) is 11.6 Å². The fraction of sp³-hybridized carbons (Fsp3) is 0.250. The number of halogens is 2. The molecule has 106 valence electrons. The van der Waals surface area contributed by atoms with Crippen LogP contribution in [-0.2, 0) is 0 Å². The highest BCUT2D eigenvalue weighted by atomic mass is 79.9. The Morgan fingerprint density at radius 3 is 2.65 bits per heavy atom. The van der Waals surface area contributed by atoms with Gasteiger partial charge in [-0.25, -0.2) is 0 Å². The number of ether oxygens (including phenoxy) is 1. The molecule has 0 spiro atoms. The van der Waals surface area contributed by atoms with Crippen LogP contribution in [-0.4, -0.2) is 28.6 Å². The standard InChI is InChI=1S/C12H13BrClN5O/c1-3-15-10-17-11(19-12(18-10)20-2)16-7-4-5-8(13)9(14)6-7/h4-6H,3H2,1-2H3,(H2,15,16,17,18,19). The number of benzene rings is 1. The summed E-state index contributed by atoms with van der Waals surface area (Å²) in [6.07, 6.45) is 0. The molecule has 0 aliphatic carbocycles. The summed E-state index contributed by atoms with van der Waals surface area (Å²) in [5.74, 6) is 0.830. The highest BCUT2D eigenvalue weighted by Crippen LogP contribution is 2.27. The SMILES string of the molecule is CCNc1nc(Nc2ccc(Br)c(Cl)c2)nc(OC)n1. The van der Waals surface area contributed by atoms with Gasteiger partial charge in [-0.2, -0.15) is 15.0 Å². The van der Waals surface area contributed by atoms with E-state index in [-0.39, 0.29) is 6.01 Å². The van der Waals surface area contributed by atoms with Crippen molar-refractivity contribution in [2.75, 3.05) is 24.3 Å². The molecule has 2 rings (SSSR count). The molecule has 2 aromatic rings. The van der Waals surface area contributed by atoms with Crippen LogP contribution in [0.25, 0.3) is 0 Å². The summed E-state index contributed by atoms with van der Waals surface area (Å²) in [6, 6.07) is 5.71. The Labute approximate surface area is 130 Å². The van der Waals surface area contributed by atoms with Crippen LogP contribution in [0.15, 0.2) is 22.7 Å². The summed E-state index contributed by atoms with van der Waals surface area (Å²) < 4.78 is 5.87. The number of aromatic nitrogens is 3.